The molecule has 1 saturated heterocycles. The van der Waals surface area contributed by atoms with Gasteiger partial charge in [0.25, 0.3) is 0 Å². The van der Waals surface area contributed by atoms with E-state index in [0.29, 0.717) is 6.04 Å². The van der Waals surface area contributed by atoms with E-state index in [9.17, 15) is 0 Å². The van der Waals surface area contributed by atoms with E-state index in [4.69, 9.17) is 4.42 Å². The molecular weight excluding hydrogens is 174 g/mol. The Morgan fingerprint density at radius 2 is 2.21 bits per heavy atom. The molecule has 1 fully saturated rings. The average Bonchev–Trinajstić information content (AvgIpc) is 2.86. The first kappa shape index (κ1) is 8.06. The van der Waals surface area contributed by atoms with Crippen LogP contribution in [0.1, 0.15) is 24.6 Å². The van der Waals surface area contributed by atoms with Crippen LogP contribution in [-0.2, 0) is 0 Å². The predicted octanol–water partition coefficient (Wildman–Crippen LogP) is 2.86. The molecular formula is C12H13NO. The largest absolute Gasteiger partial charge is 0.459 e. The van der Waals surface area contributed by atoms with Crippen LogP contribution in [0.3, 0.4) is 0 Å². The van der Waals surface area contributed by atoms with Gasteiger partial charge in [0.15, 0.2) is 0 Å². The SMILES string of the molecule is c1ccc2oc([C@@H]3CCCN3)cc2c1. The average molecular weight is 187 g/mol. The predicted molar refractivity (Wildman–Crippen MR) is 56.2 cm³/mol. The van der Waals surface area contributed by atoms with E-state index in [2.05, 4.69) is 17.4 Å². The van der Waals surface area contributed by atoms with Gasteiger partial charge in [0.2, 0.25) is 0 Å². The molecule has 0 bridgehead atoms. The van der Waals surface area contributed by atoms with Gasteiger partial charge in [-0.3, -0.25) is 0 Å². The van der Waals surface area contributed by atoms with Crippen molar-refractivity contribution in [2.75, 3.05) is 6.54 Å². The minimum absolute atomic E-state index is 0.433. The number of furan rings is 1. The van der Waals surface area contributed by atoms with Gasteiger partial charge in [-0.2, -0.15) is 0 Å². The fourth-order valence-electron chi connectivity index (χ4n) is 2.10. The van der Waals surface area contributed by atoms with Crippen LogP contribution in [0.5, 0.6) is 0 Å². The van der Waals surface area contributed by atoms with Crippen LogP contribution >= 0.6 is 0 Å². The van der Waals surface area contributed by atoms with Crippen molar-refractivity contribution in [2.24, 2.45) is 0 Å². The van der Waals surface area contributed by atoms with Gasteiger partial charge in [-0.1, -0.05) is 18.2 Å². The van der Waals surface area contributed by atoms with Crippen molar-refractivity contribution < 1.29 is 4.42 Å². The summed E-state index contributed by atoms with van der Waals surface area (Å²) in [6, 6.07) is 10.8. The highest BCUT2D eigenvalue weighted by Crippen LogP contribution is 2.28. The van der Waals surface area contributed by atoms with E-state index < -0.39 is 0 Å². The molecule has 2 aromatic rings. The fourth-order valence-corrected chi connectivity index (χ4v) is 2.10. The second-order valence-corrected chi connectivity index (χ2v) is 3.84. The summed E-state index contributed by atoms with van der Waals surface area (Å²) in [7, 11) is 0. The normalized spacial score (nSPS) is 21.9. The molecule has 1 aromatic carbocycles. The van der Waals surface area contributed by atoms with E-state index >= 15 is 0 Å². The van der Waals surface area contributed by atoms with Crippen LogP contribution in [0.15, 0.2) is 34.7 Å². The van der Waals surface area contributed by atoms with Crippen molar-refractivity contribution in [3.63, 3.8) is 0 Å². The Balaban J connectivity index is 2.05. The van der Waals surface area contributed by atoms with E-state index in [1.54, 1.807) is 0 Å². The van der Waals surface area contributed by atoms with Crippen molar-refractivity contribution in [3.8, 4) is 0 Å². The molecule has 2 heteroatoms. The molecule has 1 atom stereocenters. The lowest BCUT2D eigenvalue weighted by molar-refractivity contribution is 0.471. The van der Waals surface area contributed by atoms with Crippen molar-refractivity contribution in [1.29, 1.82) is 0 Å². The lowest BCUT2D eigenvalue weighted by Crippen LogP contribution is -2.11. The van der Waals surface area contributed by atoms with Gasteiger partial charge in [-0.05, 0) is 31.5 Å². The molecule has 72 valence electrons. The Morgan fingerprint density at radius 1 is 1.29 bits per heavy atom. The zero-order valence-electron chi connectivity index (χ0n) is 7.99. The lowest BCUT2D eigenvalue weighted by Gasteiger charge is -2.04. The minimum Gasteiger partial charge on any atom is -0.459 e. The summed E-state index contributed by atoms with van der Waals surface area (Å²) in [5.74, 6) is 1.09. The highest BCUT2D eigenvalue weighted by molar-refractivity contribution is 5.77. The summed E-state index contributed by atoms with van der Waals surface area (Å²) in [5.41, 5.74) is 0.996. The Bertz CT molecular complexity index is 407. The van der Waals surface area contributed by atoms with Gasteiger partial charge in [0, 0.05) is 5.39 Å². The molecule has 1 aliphatic heterocycles. The van der Waals surface area contributed by atoms with E-state index in [-0.39, 0.29) is 0 Å². The molecule has 0 unspecified atom stereocenters. The first-order valence-electron chi connectivity index (χ1n) is 5.15. The van der Waals surface area contributed by atoms with E-state index in [1.165, 1.54) is 18.2 Å². The Morgan fingerprint density at radius 3 is 3.00 bits per heavy atom. The lowest BCUT2D eigenvalue weighted by atomic mass is 10.1. The molecule has 1 aromatic heterocycles. The molecule has 0 saturated carbocycles. The maximum Gasteiger partial charge on any atom is 0.134 e. The summed E-state index contributed by atoms with van der Waals surface area (Å²) >= 11 is 0. The van der Waals surface area contributed by atoms with E-state index in [1.807, 2.05) is 18.2 Å². The Kier molecular flexibility index (Phi) is 1.81. The molecule has 2 nitrogen and oxygen atoms in total. The quantitative estimate of drug-likeness (QED) is 0.742. The maximum atomic E-state index is 5.79. The topological polar surface area (TPSA) is 25.2 Å². The van der Waals surface area contributed by atoms with Gasteiger partial charge in [-0.15, -0.1) is 0 Å². The van der Waals surface area contributed by atoms with Gasteiger partial charge >= 0.3 is 0 Å². The third-order valence-corrected chi connectivity index (χ3v) is 2.85. The summed E-state index contributed by atoms with van der Waals surface area (Å²) in [6.07, 6.45) is 2.45. The molecule has 0 amide bonds. The minimum atomic E-state index is 0.433. The van der Waals surface area contributed by atoms with Gasteiger partial charge < -0.3 is 9.73 Å². The smallest absolute Gasteiger partial charge is 0.134 e. The van der Waals surface area contributed by atoms with Crippen molar-refractivity contribution >= 4 is 11.0 Å². The fraction of sp³-hybridized carbons (Fsp3) is 0.333. The molecule has 1 aliphatic rings. The van der Waals surface area contributed by atoms with Crippen LogP contribution in [-0.4, -0.2) is 6.54 Å². The number of fused-ring (bicyclic) bond motifs is 1. The van der Waals surface area contributed by atoms with Crippen molar-refractivity contribution in [2.45, 2.75) is 18.9 Å². The van der Waals surface area contributed by atoms with Crippen LogP contribution < -0.4 is 5.32 Å². The number of hydrogen-bond acceptors (Lipinski definition) is 2. The van der Waals surface area contributed by atoms with Crippen LogP contribution in [0, 0.1) is 0 Å². The Hall–Kier alpha value is -1.28. The second kappa shape index (κ2) is 3.14. The standard InChI is InChI=1S/C12H13NO/c1-2-6-11-9(4-1)8-12(14-11)10-5-3-7-13-10/h1-2,4,6,8,10,13H,3,5,7H2/t10-/m0/s1. The first-order chi connectivity index (χ1) is 6.93. The zero-order valence-corrected chi connectivity index (χ0v) is 7.99. The molecule has 0 radical (unpaired) electrons. The summed E-state index contributed by atoms with van der Waals surface area (Å²) < 4.78 is 5.79. The molecule has 3 rings (SSSR count). The Labute approximate surface area is 82.9 Å². The number of para-hydroxylation sites is 1. The molecule has 2 heterocycles. The van der Waals surface area contributed by atoms with Crippen LogP contribution in [0.4, 0.5) is 0 Å². The third-order valence-electron chi connectivity index (χ3n) is 2.85. The zero-order chi connectivity index (χ0) is 9.38. The summed E-state index contributed by atoms with van der Waals surface area (Å²) in [4.78, 5) is 0. The number of rotatable bonds is 1. The van der Waals surface area contributed by atoms with Gasteiger partial charge in [-0.25, -0.2) is 0 Å². The highest BCUT2D eigenvalue weighted by Gasteiger charge is 2.19. The summed E-state index contributed by atoms with van der Waals surface area (Å²) in [5, 5.41) is 4.64. The molecule has 1 N–H and O–H groups in total. The number of hydrogen-bond donors (Lipinski definition) is 1. The number of benzene rings is 1. The second-order valence-electron chi connectivity index (χ2n) is 3.84. The van der Waals surface area contributed by atoms with Crippen molar-refractivity contribution in [1.82, 2.24) is 5.32 Å². The number of nitrogens with one attached hydrogen (secondary N) is 1. The monoisotopic (exact) mass is 187 g/mol. The molecule has 0 aliphatic carbocycles. The van der Waals surface area contributed by atoms with Crippen molar-refractivity contribution in [3.05, 3.63) is 36.1 Å². The first-order valence-corrected chi connectivity index (χ1v) is 5.15. The van der Waals surface area contributed by atoms with Gasteiger partial charge in [0.1, 0.15) is 11.3 Å². The van der Waals surface area contributed by atoms with Gasteiger partial charge in [0.05, 0.1) is 6.04 Å². The molecule has 0 spiro atoms. The third kappa shape index (κ3) is 1.23. The van der Waals surface area contributed by atoms with Crippen LogP contribution in [0.2, 0.25) is 0 Å². The van der Waals surface area contributed by atoms with E-state index in [0.717, 1.165) is 17.9 Å². The maximum absolute atomic E-state index is 5.79. The highest BCUT2D eigenvalue weighted by atomic mass is 16.3. The van der Waals surface area contributed by atoms with Crippen LogP contribution in [0.25, 0.3) is 11.0 Å². The molecule has 14 heavy (non-hydrogen) atoms. The summed E-state index contributed by atoms with van der Waals surface area (Å²) in [6.45, 7) is 1.11.